The number of halogens is 1. The number of amides is 1. The number of carbonyl (C=O) groups excluding carboxylic acids is 1. The van der Waals surface area contributed by atoms with Crippen LogP contribution in [-0.4, -0.2) is 27.5 Å². The maximum absolute atomic E-state index is 13.3. The molecular formula is C16H15FN2O4. The lowest BCUT2D eigenvalue weighted by molar-refractivity contribution is -0.144. The van der Waals surface area contributed by atoms with Crippen LogP contribution in [0.2, 0.25) is 0 Å². The van der Waals surface area contributed by atoms with Gasteiger partial charge in [0.15, 0.2) is 0 Å². The number of nitrogens with one attached hydrogen (secondary N) is 2. The number of carboxylic acids is 1. The van der Waals surface area contributed by atoms with Crippen molar-refractivity contribution in [2.45, 2.75) is 25.3 Å². The fourth-order valence-electron chi connectivity index (χ4n) is 2.71. The van der Waals surface area contributed by atoms with E-state index in [0.29, 0.717) is 5.39 Å². The summed E-state index contributed by atoms with van der Waals surface area (Å²) in [6.07, 6.45) is 1.45. The summed E-state index contributed by atoms with van der Waals surface area (Å²) in [6, 6.07) is 4.76. The molecule has 1 aromatic carbocycles. The minimum absolute atomic E-state index is 0.0249. The van der Waals surface area contributed by atoms with Gasteiger partial charge in [-0.05, 0) is 43.9 Å². The van der Waals surface area contributed by atoms with Crippen molar-refractivity contribution in [3.05, 3.63) is 46.0 Å². The Kier molecular flexibility index (Phi) is 3.43. The van der Waals surface area contributed by atoms with Gasteiger partial charge in [-0.15, -0.1) is 0 Å². The third-order valence-electron chi connectivity index (χ3n) is 4.26. The zero-order valence-electron chi connectivity index (χ0n) is 12.4. The summed E-state index contributed by atoms with van der Waals surface area (Å²) in [5, 5.41) is 12.3. The van der Waals surface area contributed by atoms with Gasteiger partial charge in [0.25, 0.3) is 5.91 Å². The molecule has 1 aliphatic rings. The minimum atomic E-state index is -1.38. The van der Waals surface area contributed by atoms with Gasteiger partial charge in [0.05, 0.1) is 11.1 Å². The normalized spacial score (nSPS) is 16.8. The van der Waals surface area contributed by atoms with Crippen LogP contribution >= 0.6 is 0 Å². The molecule has 1 fully saturated rings. The molecule has 1 aromatic heterocycles. The first-order chi connectivity index (χ1) is 10.8. The van der Waals surface area contributed by atoms with Crippen LogP contribution in [0.3, 0.4) is 0 Å². The fourth-order valence-corrected chi connectivity index (χ4v) is 2.71. The lowest BCUT2D eigenvalue weighted by Crippen LogP contribution is -2.54. The number of fused-ring (bicyclic) bond motifs is 1. The van der Waals surface area contributed by atoms with Gasteiger partial charge in [-0.3, -0.25) is 9.59 Å². The maximum atomic E-state index is 13.3. The first kappa shape index (κ1) is 15.2. The quantitative estimate of drug-likeness (QED) is 0.798. The Morgan fingerprint density at radius 2 is 2.04 bits per heavy atom. The number of carbonyl (C=O) groups is 2. The lowest BCUT2D eigenvalue weighted by Gasteiger charge is -2.26. The third kappa shape index (κ3) is 2.69. The minimum Gasteiger partial charge on any atom is -0.480 e. The number of rotatable bonds is 4. The maximum Gasteiger partial charge on any atom is 0.329 e. The predicted molar refractivity (Wildman–Crippen MR) is 80.8 cm³/mol. The summed E-state index contributed by atoms with van der Waals surface area (Å²) in [7, 11) is 0. The average molecular weight is 318 g/mol. The number of carboxylic acid groups (broad SMARTS) is 1. The highest BCUT2D eigenvalue weighted by Gasteiger charge is 2.48. The Hall–Kier alpha value is -2.70. The summed E-state index contributed by atoms with van der Waals surface area (Å²) < 4.78 is 13.3. The Balaban J connectivity index is 2.04. The second-order valence-corrected chi connectivity index (χ2v) is 5.97. The molecule has 3 rings (SSSR count). The summed E-state index contributed by atoms with van der Waals surface area (Å²) in [5.74, 6) is -2.45. The molecule has 1 unspecified atom stereocenters. The second kappa shape index (κ2) is 5.19. The second-order valence-electron chi connectivity index (χ2n) is 5.97. The molecule has 6 nitrogen and oxygen atoms in total. The zero-order valence-corrected chi connectivity index (χ0v) is 12.4. The predicted octanol–water partition coefficient (Wildman–Crippen LogP) is 1.65. The van der Waals surface area contributed by atoms with Crippen LogP contribution in [0.4, 0.5) is 4.39 Å². The monoisotopic (exact) mass is 318 g/mol. The van der Waals surface area contributed by atoms with Crippen molar-refractivity contribution in [1.29, 1.82) is 0 Å². The molecular weight excluding hydrogens is 303 g/mol. The van der Waals surface area contributed by atoms with Crippen LogP contribution in [0.15, 0.2) is 29.1 Å². The van der Waals surface area contributed by atoms with E-state index in [9.17, 15) is 23.9 Å². The van der Waals surface area contributed by atoms with E-state index in [1.165, 1.54) is 19.1 Å². The molecule has 1 saturated carbocycles. The van der Waals surface area contributed by atoms with Crippen molar-refractivity contribution in [2.24, 2.45) is 5.92 Å². The van der Waals surface area contributed by atoms with Gasteiger partial charge >= 0.3 is 5.97 Å². The van der Waals surface area contributed by atoms with Crippen molar-refractivity contribution in [1.82, 2.24) is 10.3 Å². The van der Waals surface area contributed by atoms with E-state index >= 15 is 0 Å². The highest BCUT2D eigenvalue weighted by atomic mass is 19.1. The van der Waals surface area contributed by atoms with Crippen LogP contribution in [0, 0.1) is 11.7 Å². The molecule has 0 spiro atoms. The SMILES string of the molecule is CC(NC(=O)c1cc(=O)[nH]c2cc(F)ccc12)(C(=O)O)C1CC1. The van der Waals surface area contributed by atoms with Crippen LogP contribution in [0.1, 0.15) is 30.1 Å². The summed E-state index contributed by atoms with van der Waals surface area (Å²) in [4.78, 5) is 38.2. The number of benzene rings is 1. The molecule has 1 heterocycles. The number of aromatic nitrogens is 1. The molecule has 23 heavy (non-hydrogen) atoms. The van der Waals surface area contributed by atoms with Crippen molar-refractivity contribution < 1.29 is 19.1 Å². The average Bonchev–Trinajstić information content (AvgIpc) is 3.30. The van der Waals surface area contributed by atoms with Crippen LogP contribution in [-0.2, 0) is 4.79 Å². The number of hydrogen-bond donors (Lipinski definition) is 3. The van der Waals surface area contributed by atoms with Crippen molar-refractivity contribution in [3.63, 3.8) is 0 Å². The Bertz CT molecular complexity index is 872. The third-order valence-corrected chi connectivity index (χ3v) is 4.26. The van der Waals surface area contributed by atoms with Crippen molar-refractivity contribution >= 4 is 22.8 Å². The largest absolute Gasteiger partial charge is 0.480 e. The van der Waals surface area contributed by atoms with Crippen LogP contribution < -0.4 is 10.9 Å². The molecule has 0 radical (unpaired) electrons. The van der Waals surface area contributed by atoms with E-state index in [1.54, 1.807) is 0 Å². The van der Waals surface area contributed by atoms with Crippen molar-refractivity contribution in [3.8, 4) is 0 Å². The molecule has 3 N–H and O–H groups in total. The molecule has 7 heteroatoms. The topological polar surface area (TPSA) is 99.3 Å². The van der Waals surface area contributed by atoms with Gasteiger partial charge in [0.1, 0.15) is 11.4 Å². The van der Waals surface area contributed by atoms with Gasteiger partial charge in [0.2, 0.25) is 5.56 Å². The molecule has 0 saturated heterocycles. The van der Waals surface area contributed by atoms with Gasteiger partial charge < -0.3 is 15.4 Å². The van der Waals surface area contributed by atoms with Crippen LogP contribution in [0.5, 0.6) is 0 Å². The molecule has 1 aliphatic carbocycles. The first-order valence-corrected chi connectivity index (χ1v) is 7.20. The van der Waals surface area contributed by atoms with E-state index < -0.39 is 28.8 Å². The number of hydrogen-bond acceptors (Lipinski definition) is 3. The smallest absolute Gasteiger partial charge is 0.329 e. The van der Waals surface area contributed by atoms with E-state index in [1.807, 2.05) is 0 Å². The van der Waals surface area contributed by atoms with E-state index in [4.69, 9.17) is 0 Å². The molecule has 2 aromatic rings. The van der Waals surface area contributed by atoms with Gasteiger partial charge in [-0.1, -0.05) is 0 Å². The van der Waals surface area contributed by atoms with Crippen LogP contribution in [0.25, 0.3) is 10.9 Å². The summed E-state index contributed by atoms with van der Waals surface area (Å²) in [6.45, 7) is 1.46. The summed E-state index contributed by atoms with van der Waals surface area (Å²) in [5.41, 5.74) is -1.73. The number of H-pyrrole nitrogens is 1. The lowest BCUT2D eigenvalue weighted by atomic mass is 9.95. The highest BCUT2D eigenvalue weighted by Crippen LogP contribution is 2.40. The Morgan fingerprint density at radius 1 is 1.35 bits per heavy atom. The van der Waals surface area contributed by atoms with Gasteiger partial charge in [-0.2, -0.15) is 0 Å². The number of pyridine rings is 1. The van der Waals surface area contributed by atoms with Crippen molar-refractivity contribution in [2.75, 3.05) is 0 Å². The number of aliphatic carboxylic acids is 1. The molecule has 1 atom stereocenters. The molecule has 0 bridgehead atoms. The highest BCUT2D eigenvalue weighted by molar-refractivity contribution is 6.07. The first-order valence-electron chi connectivity index (χ1n) is 7.20. The fraction of sp³-hybridized carbons (Fsp3) is 0.312. The van der Waals surface area contributed by atoms with E-state index in [0.717, 1.165) is 25.0 Å². The van der Waals surface area contributed by atoms with E-state index in [-0.39, 0.29) is 17.0 Å². The molecule has 120 valence electrons. The Labute approximate surface area is 130 Å². The number of aromatic amines is 1. The van der Waals surface area contributed by atoms with Gasteiger partial charge in [-0.25, -0.2) is 9.18 Å². The molecule has 0 aliphatic heterocycles. The summed E-state index contributed by atoms with van der Waals surface area (Å²) >= 11 is 0. The zero-order chi connectivity index (χ0) is 16.8. The van der Waals surface area contributed by atoms with Gasteiger partial charge in [0, 0.05) is 11.5 Å². The standard InChI is InChI=1S/C16H15FN2O4/c1-16(15(22)23,8-2-3-8)19-14(21)11-7-13(20)18-12-6-9(17)4-5-10(11)12/h4-8H,2-3H2,1H3,(H,18,20)(H,19,21)(H,22,23). The Morgan fingerprint density at radius 3 is 2.65 bits per heavy atom. The molecule has 1 amide bonds. The van der Waals surface area contributed by atoms with E-state index in [2.05, 4.69) is 10.3 Å².